The number of carbonyl (C=O) groups excluding carboxylic acids is 1. The van der Waals surface area contributed by atoms with Gasteiger partial charge in [-0.2, -0.15) is 0 Å². The van der Waals surface area contributed by atoms with Gasteiger partial charge in [0.15, 0.2) is 6.10 Å². The van der Waals surface area contributed by atoms with Crippen LogP contribution in [0.5, 0.6) is 0 Å². The molecule has 0 aliphatic carbocycles. The Bertz CT molecular complexity index is 168. The molecular formula is C6H11NO4. The van der Waals surface area contributed by atoms with Crippen molar-refractivity contribution in [2.24, 2.45) is 0 Å². The molecule has 2 unspecified atom stereocenters. The van der Waals surface area contributed by atoms with Crippen molar-refractivity contribution in [1.29, 1.82) is 0 Å². The molecule has 0 radical (unpaired) electrons. The number of ether oxygens (including phenoxy) is 1. The summed E-state index contributed by atoms with van der Waals surface area (Å²) in [5.41, 5.74) is 0. The molecule has 0 N–H and O–H groups in total. The molecule has 64 valence electrons. The van der Waals surface area contributed by atoms with E-state index in [1.54, 1.807) is 0 Å². The largest absolute Gasteiger partial charge is 0.456 e. The lowest BCUT2D eigenvalue weighted by Crippen LogP contribution is -2.31. The van der Waals surface area contributed by atoms with Gasteiger partial charge in [-0.15, -0.1) is 0 Å². The fraction of sp³-hybridized carbons (Fsp3) is 0.833. The molecule has 0 amide bonds. The summed E-state index contributed by atoms with van der Waals surface area (Å²) < 4.78 is 4.59. The molecule has 0 spiro atoms. The molecule has 0 aliphatic heterocycles. The molecule has 0 aliphatic rings. The second-order valence-corrected chi connectivity index (χ2v) is 2.34. The van der Waals surface area contributed by atoms with Crippen molar-refractivity contribution in [3.63, 3.8) is 0 Å². The van der Waals surface area contributed by atoms with E-state index in [0.29, 0.717) is 0 Å². The van der Waals surface area contributed by atoms with E-state index in [4.69, 9.17) is 0 Å². The van der Waals surface area contributed by atoms with Crippen LogP contribution >= 0.6 is 0 Å². The predicted molar refractivity (Wildman–Crippen MR) is 37.7 cm³/mol. The van der Waals surface area contributed by atoms with E-state index in [1.165, 1.54) is 20.8 Å². The van der Waals surface area contributed by atoms with Crippen LogP contribution in [0.2, 0.25) is 0 Å². The summed E-state index contributed by atoms with van der Waals surface area (Å²) in [6.45, 7) is 4.12. The molecule has 0 aromatic rings. The normalized spacial score (nSPS) is 15.2. The Morgan fingerprint density at radius 1 is 1.55 bits per heavy atom. The van der Waals surface area contributed by atoms with Crippen LogP contribution in [0.25, 0.3) is 0 Å². The number of esters is 1. The Balaban J connectivity index is 3.92. The van der Waals surface area contributed by atoms with E-state index in [-0.39, 0.29) is 0 Å². The summed E-state index contributed by atoms with van der Waals surface area (Å²) in [7, 11) is 0. The third-order valence-corrected chi connectivity index (χ3v) is 1.36. The second kappa shape index (κ2) is 3.90. The summed E-state index contributed by atoms with van der Waals surface area (Å²) in [4.78, 5) is 20.0. The molecule has 5 nitrogen and oxygen atoms in total. The van der Waals surface area contributed by atoms with Gasteiger partial charge in [0.05, 0.1) is 0 Å². The lowest BCUT2D eigenvalue weighted by molar-refractivity contribution is -0.528. The Hall–Kier alpha value is -1.13. The zero-order valence-corrected chi connectivity index (χ0v) is 6.73. The van der Waals surface area contributed by atoms with E-state index in [9.17, 15) is 14.9 Å². The van der Waals surface area contributed by atoms with Crippen LogP contribution in [0.3, 0.4) is 0 Å². The average molecular weight is 161 g/mol. The predicted octanol–water partition coefficient (Wildman–Crippen LogP) is 0.603. The molecule has 0 fully saturated rings. The molecule has 0 aromatic heterocycles. The Kier molecular flexibility index (Phi) is 3.50. The van der Waals surface area contributed by atoms with Gasteiger partial charge in [-0.05, 0) is 6.92 Å². The first-order chi connectivity index (χ1) is 4.95. The average Bonchev–Trinajstić information content (AvgIpc) is 1.84. The van der Waals surface area contributed by atoms with Gasteiger partial charge in [0.1, 0.15) is 0 Å². The van der Waals surface area contributed by atoms with Crippen molar-refractivity contribution in [3.8, 4) is 0 Å². The fourth-order valence-electron chi connectivity index (χ4n) is 0.532. The highest BCUT2D eigenvalue weighted by molar-refractivity contribution is 5.66. The van der Waals surface area contributed by atoms with Crippen LogP contribution in [-0.2, 0) is 9.53 Å². The van der Waals surface area contributed by atoms with Crippen molar-refractivity contribution in [2.45, 2.75) is 32.9 Å². The van der Waals surface area contributed by atoms with Crippen molar-refractivity contribution in [2.75, 3.05) is 0 Å². The lowest BCUT2D eigenvalue weighted by Gasteiger charge is -2.12. The van der Waals surface area contributed by atoms with Crippen molar-refractivity contribution < 1.29 is 14.5 Å². The Labute approximate surface area is 64.5 Å². The minimum Gasteiger partial charge on any atom is -0.456 e. The van der Waals surface area contributed by atoms with E-state index in [1.807, 2.05) is 0 Å². The summed E-state index contributed by atoms with van der Waals surface area (Å²) in [6, 6.07) is -0.848. The minimum absolute atomic E-state index is 0.479. The van der Waals surface area contributed by atoms with E-state index in [0.717, 1.165) is 0 Å². The first kappa shape index (κ1) is 9.87. The highest BCUT2D eigenvalue weighted by atomic mass is 16.6. The minimum atomic E-state index is -0.848. The maximum absolute atomic E-state index is 10.3. The monoisotopic (exact) mass is 161 g/mol. The number of carbonyl (C=O) groups is 1. The topological polar surface area (TPSA) is 69.4 Å². The van der Waals surface area contributed by atoms with Gasteiger partial charge < -0.3 is 4.74 Å². The molecular weight excluding hydrogens is 150 g/mol. The maximum Gasteiger partial charge on any atom is 0.303 e. The summed E-state index contributed by atoms with van der Waals surface area (Å²) >= 11 is 0. The lowest BCUT2D eigenvalue weighted by atomic mass is 10.2. The zero-order chi connectivity index (χ0) is 9.02. The van der Waals surface area contributed by atoms with Gasteiger partial charge in [0, 0.05) is 18.8 Å². The molecule has 0 saturated heterocycles. The smallest absolute Gasteiger partial charge is 0.303 e. The first-order valence-corrected chi connectivity index (χ1v) is 3.26. The van der Waals surface area contributed by atoms with Gasteiger partial charge in [-0.1, -0.05) is 0 Å². The number of rotatable bonds is 3. The molecule has 2 atom stereocenters. The quantitative estimate of drug-likeness (QED) is 0.345. The summed E-state index contributed by atoms with van der Waals surface area (Å²) in [5, 5.41) is 10.1. The number of nitro groups is 1. The number of hydrogen-bond acceptors (Lipinski definition) is 4. The third kappa shape index (κ3) is 3.54. The molecule has 0 rings (SSSR count). The van der Waals surface area contributed by atoms with Gasteiger partial charge in [-0.25, -0.2) is 0 Å². The third-order valence-electron chi connectivity index (χ3n) is 1.36. The van der Waals surface area contributed by atoms with Gasteiger partial charge in [0.2, 0.25) is 6.04 Å². The highest BCUT2D eigenvalue weighted by Crippen LogP contribution is 2.01. The molecule has 0 saturated carbocycles. The van der Waals surface area contributed by atoms with Gasteiger partial charge >= 0.3 is 5.97 Å². The zero-order valence-electron chi connectivity index (χ0n) is 6.73. The summed E-state index contributed by atoms with van der Waals surface area (Å²) in [5.74, 6) is -0.494. The van der Waals surface area contributed by atoms with Crippen LogP contribution in [0.15, 0.2) is 0 Å². The molecule has 5 heteroatoms. The van der Waals surface area contributed by atoms with Crippen LogP contribution in [0.4, 0.5) is 0 Å². The number of nitrogens with zero attached hydrogens (tertiary/aromatic N) is 1. The molecule has 0 aromatic carbocycles. The van der Waals surface area contributed by atoms with Gasteiger partial charge in [0.25, 0.3) is 0 Å². The summed E-state index contributed by atoms with van der Waals surface area (Å²) in [6.07, 6.45) is -0.664. The second-order valence-electron chi connectivity index (χ2n) is 2.34. The fourth-order valence-corrected chi connectivity index (χ4v) is 0.532. The van der Waals surface area contributed by atoms with Crippen molar-refractivity contribution >= 4 is 5.97 Å². The van der Waals surface area contributed by atoms with Crippen LogP contribution < -0.4 is 0 Å². The van der Waals surface area contributed by atoms with E-state index >= 15 is 0 Å². The molecule has 0 heterocycles. The molecule has 11 heavy (non-hydrogen) atoms. The first-order valence-electron chi connectivity index (χ1n) is 3.26. The van der Waals surface area contributed by atoms with Crippen molar-refractivity contribution in [1.82, 2.24) is 0 Å². The van der Waals surface area contributed by atoms with Crippen molar-refractivity contribution in [3.05, 3.63) is 10.1 Å². The van der Waals surface area contributed by atoms with Crippen LogP contribution in [0.1, 0.15) is 20.8 Å². The maximum atomic E-state index is 10.3. The molecule has 0 bridgehead atoms. The van der Waals surface area contributed by atoms with Crippen LogP contribution in [0, 0.1) is 10.1 Å². The highest BCUT2D eigenvalue weighted by Gasteiger charge is 2.24. The van der Waals surface area contributed by atoms with Crippen LogP contribution in [-0.4, -0.2) is 23.0 Å². The Morgan fingerprint density at radius 3 is 2.27 bits per heavy atom. The number of hydrogen-bond donors (Lipinski definition) is 0. The Morgan fingerprint density at radius 2 is 2.00 bits per heavy atom. The van der Waals surface area contributed by atoms with Gasteiger partial charge in [-0.3, -0.25) is 14.9 Å². The standard InChI is InChI=1S/C6H11NO4/c1-4(7(9)10)5(2)11-6(3)8/h4-5H,1-3H3. The van der Waals surface area contributed by atoms with E-state index < -0.39 is 23.0 Å². The van der Waals surface area contributed by atoms with E-state index in [2.05, 4.69) is 4.74 Å². The SMILES string of the molecule is CC(=O)OC(C)C(C)[N+](=O)[O-].